The third-order valence-electron chi connectivity index (χ3n) is 9.86. The Balaban J connectivity index is 4.14. The summed E-state index contributed by atoms with van der Waals surface area (Å²) in [5, 5.41) is 0. The lowest BCUT2D eigenvalue weighted by atomic mass is 10.1. The number of ether oxygens (including phenoxy) is 2. The van der Waals surface area contributed by atoms with Gasteiger partial charge in [0.25, 0.3) is 0 Å². The van der Waals surface area contributed by atoms with Crippen LogP contribution in [0.4, 0.5) is 0 Å². The fourth-order valence-corrected chi connectivity index (χ4v) is 6.99. The fourth-order valence-electron chi connectivity index (χ4n) is 6.23. The Kier molecular flexibility index (Phi) is 48.4. The van der Waals surface area contributed by atoms with Crippen molar-refractivity contribution >= 4 is 13.8 Å². The van der Waals surface area contributed by atoms with Crippen LogP contribution >= 0.6 is 7.82 Å². The van der Waals surface area contributed by atoms with Gasteiger partial charge in [-0.05, 0) is 103 Å². The van der Waals surface area contributed by atoms with E-state index >= 15 is 0 Å². The number of hydrogen-bond donors (Lipinski definition) is 2. The molecule has 364 valence electrons. The summed E-state index contributed by atoms with van der Waals surface area (Å²) >= 11 is 0. The molecule has 0 heterocycles. The molecule has 0 aromatic carbocycles. The van der Waals surface area contributed by atoms with Crippen LogP contribution in [-0.4, -0.2) is 49.9 Å². The van der Waals surface area contributed by atoms with Gasteiger partial charge in [0.15, 0.2) is 0 Å². The number of esters is 1. The Morgan fingerprint density at radius 2 is 0.875 bits per heavy atom. The maximum absolute atomic E-state index is 12.6. The molecule has 0 saturated heterocycles. The summed E-state index contributed by atoms with van der Waals surface area (Å²) < 4.78 is 33.5. The SMILES string of the molecule is CC/C=C\C/C=C\C/C=C\C/C=C\C/C=C\C/C=C\C/C=C\CCCC(=O)OC(COCCCCCCCCC/C=C\C/C=C\C/C=C\CCCCCCC)COP(=O)(O)OCCN. The molecule has 0 spiro atoms. The van der Waals surface area contributed by atoms with Crippen molar-refractivity contribution in [2.24, 2.45) is 5.73 Å². The molecule has 3 N–H and O–H groups in total. The lowest BCUT2D eigenvalue weighted by Gasteiger charge is -2.20. The summed E-state index contributed by atoms with van der Waals surface area (Å²) in [7, 11) is -4.31. The molecule has 8 nitrogen and oxygen atoms in total. The van der Waals surface area contributed by atoms with E-state index < -0.39 is 19.9 Å². The van der Waals surface area contributed by atoms with Gasteiger partial charge in [-0.2, -0.15) is 0 Å². The van der Waals surface area contributed by atoms with E-state index in [4.69, 9.17) is 24.3 Å². The second kappa shape index (κ2) is 50.9. The van der Waals surface area contributed by atoms with Crippen molar-refractivity contribution in [2.45, 2.75) is 187 Å². The van der Waals surface area contributed by atoms with Crippen molar-refractivity contribution in [1.29, 1.82) is 0 Å². The van der Waals surface area contributed by atoms with Gasteiger partial charge in [0.05, 0.1) is 19.8 Å². The van der Waals surface area contributed by atoms with E-state index in [-0.39, 0.29) is 32.8 Å². The molecule has 0 rings (SSSR count). The highest BCUT2D eigenvalue weighted by molar-refractivity contribution is 7.47. The maximum Gasteiger partial charge on any atom is 0.472 e. The average molecular weight is 910 g/mol. The van der Waals surface area contributed by atoms with Crippen molar-refractivity contribution in [3.05, 3.63) is 122 Å². The van der Waals surface area contributed by atoms with Crippen LogP contribution < -0.4 is 5.73 Å². The minimum atomic E-state index is -4.31. The van der Waals surface area contributed by atoms with Crippen LogP contribution in [0.1, 0.15) is 181 Å². The number of rotatable bonds is 46. The highest BCUT2D eigenvalue weighted by Gasteiger charge is 2.25. The molecule has 0 saturated carbocycles. The summed E-state index contributed by atoms with van der Waals surface area (Å²) in [6, 6.07) is 0. The summed E-state index contributed by atoms with van der Waals surface area (Å²) in [5.74, 6) is -0.396. The van der Waals surface area contributed by atoms with E-state index in [1.165, 1.54) is 64.2 Å². The van der Waals surface area contributed by atoms with Crippen molar-refractivity contribution in [2.75, 3.05) is 33.0 Å². The summed E-state index contributed by atoms with van der Waals surface area (Å²) in [6.45, 7) is 4.67. The van der Waals surface area contributed by atoms with Gasteiger partial charge < -0.3 is 20.1 Å². The number of hydrogen-bond acceptors (Lipinski definition) is 7. The van der Waals surface area contributed by atoms with Gasteiger partial charge in [0, 0.05) is 19.6 Å². The predicted octanol–water partition coefficient (Wildman–Crippen LogP) is 15.8. The highest BCUT2D eigenvalue weighted by atomic mass is 31.2. The van der Waals surface area contributed by atoms with Gasteiger partial charge in [0.1, 0.15) is 6.10 Å². The van der Waals surface area contributed by atoms with Gasteiger partial charge >= 0.3 is 13.8 Å². The molecule has 0 bridgehead atoms. The largest absolute Gasteiger partial charge is 0.472 e. The van der Waals surface area contributed by atoms with Crippen LogP contribution in [0.3, 0.4) is 0 Å². The Hall–Kier alpha value is -3.10. The molecule has 0 amide bonds. The molecular weight excluding hydrogens is 818 g/mol. The molecule has 64 heavy (non-hydrogen) atoms. The molecule has 0 aromatic rings. The van der Waals surface area contributed by atoms with Crippen LogP contribution in [0, 0.1) is 0 Å². The van der Waals surface area contributed by atoms with Crippen LogP contribution in [-0.2, 0) is 27.9 Å². The Morgan fingerprint density at radius 3 is 1.31 bits per heavy atom. The Bertz CT molecular complexity index is 1390. The molecule has 0 aliphatic carbocycles. The highest BCUT2D eigenvalue weighted by Crippen LogP contribution is 2.43. The van der Waals surface area contributed by atoms with Crippen LogP contribution in [0.2, 0.25) is 0 Å². The van der Waals surface area contributed by atoms with Gasteiger partial charge in [-0.1, -0.05) is 193 Å². The molecule has 0 aromatic heterocycles. The summed E-state index contributed by atoms with van der Waals surface area (Å²) in [4.78, 5) is 22.6. The normalized spacial score (nSPS) is 14.4. The van der Waals surface area contributed by atoms with Crippen molar-refractivity contribution in [3.8, 4) is 0 Å². The zero-order chi connectivity index (χ0) is 46.5. The smallest absolute Gasteiger partial charge is 0.457 e. The van der Waals surface area contributed by atoms with E-state index in [1.54, 1.807) is 0 Å². The Labute approximate surface area is 392 Å². The van der Waals surface area contributed by atoms with Crippen molar-refractivity contribution in [1.82, 2.24) is 0 Å². The van der Waals surface area contributed by atoms with E-state index in [9.17, 15) is 14.3 Å². The van der Waals surface area contributed by atoms with Gasteiger partial charge in [-0.15, -0.1) is 0 Å². The van der Waals surface area contributed by atoms with Gasteiger partial charge in [0.2, 0.25) is 0 Å². The predicted molar refractivity (Wildman–Crippen MR) is 274 cm³/mol. The third-order valence-corrected chi connectivity index (χ3v) is 10.8. The lowest BCUT2D eigenvalue weighted by molar-refractivity contribution is -0.154. The van der Waals surface area contributed by atoms with Crippen molar-refractivity contribution in [3.63, 3.8) is 0 Å². The van der Waals surface area contributed by atoms with Gasteiger partial charge in [-0.25, -0.2) is 4.57 Å². The van der Waals surface area contributed by atoms with E-state index in [2.05, 4.69) is 135 Å². The summed E-state index contributed by atoms with van der Waals surface area (Å²) in [6.07, 6.45) is 70.9. The number of unbranched alkanes of at least 4 members (excludes halogenated alkanes) is 13. The first kappa shape index (κ1) is 60.9. The van der Waals surface area contributed by atoms with E-state index in [0.717, 1.165) is 89.9 Å². The lowest BCUT2D eigenvalue weighted by Crippen LogP contribution is -2.28. The number of allylic oxidation sites excluding steroid dienone is 20. The first-order chi connectivity index (χ1) is 31.4. The molecule has 0 aliphatic rings. The topological polar surface area (TPSA) is 117 Å². The van der Waals surface area contributed by atoms with Crippen LogP contribution in [0.25, 0.3) is 0 Å². The van der Waals surface area contributed by atoms with E-state index in [1.807, 2.05) is 0 Å². The zero-order valence-corrected chi connectivity index (χ0v) is 41.4. The van der Waals surface area contributed by atoms with Crippen LogP contribution in [0.15, 0.2) is 122 Å². The number of carbonyl (C=O) groups excluding carboxylic acids is 1. The maximum atomic E-state index is 12.6. The molecule has 2 unspecified atom stereocenters. The number of carbonyl (C=O) groups is 1. The number of phosphoric acid groups is 1. The fraction of sp³-hybridized carbons (Fsp3) is 0.618. The van der Waals surface area contributed by atoms with Crippen LogP contribution in [0.5, 0.6) is 0 Å². The molecule has 0 fully saturated rings. The minimum absolute atomic E-state index is 0.0775. The average Bonchev–Trinajstić information content (AvgIpc) is 3.29. The first-order valence-corrected chi connectivity index (χ1v) is 26.5. The summed E-state index contributed by atoms with van der Waals surface area (Å²) in [5.41, 5.74) is 5.38. The monoisotopic (exact) mass is 910 g/mol. The molecular formula is C55H92NO7P. The minimum Gasteiger partial charge on any atom is -0.457 e. The molecule has 9 heteroatoms. The molecule has 0 radical (unpaired) electrons. The third kappa shape index (κ3) is 49.9. The standard InChI is InChI=1S/C55H92NO7P/c1-3-5-7-9-11-13-15-17-19-21-23-25-27-28-30-32-34-36-38-40-42-44-46-48-55(57)63-54(53-62-64(58,59)61-51-49-56)52-60-50-47-45-43-41-39-37-35-33-31-29-26-24-22-20-18-16-14-12-10-8-6-4-2/h5,7,11,13,16-19,22-25,28-31,34,36,40,42,54H,3-4,6,8-10,12,14-15,20-21,26-27,32-33,35,37-39,41,43-53,56H2,1-2H3,(H,58,59)/b7-5-,13-11-,18-16-,19-17-,24-22-,25-23-,30-28-,31-29-,36-34-,42-40-. The molecule has 2 atom stereocenters. The quantitative estimate of drug-likeness (QED) is 0.0268. The number of nitrogens with two attached hydrogens (primary N) is 1. The Morgan fingerprint density at radius 1 is 0.484 bits per heavy atom. The zero-order valence-electron chi connectivity index (χ0n) is 40.5. The first-order valence-electron chi connectivity index (χ1n) is 25.0. The van der Waals surface area contributed by atoms with E-state index in [0.29, 0.717) is 13.0 Å². The van der Waals surface area contributed by atoms with Gasteiger partial charge in [-0.3, -0.25) is 13.8 Å². The molecule has 0 aliphatic heterocycles. The second-order valence-electron chi connectivity index (χ2n) is 15.9. The van der Waals surface area contributed by atoms with Crippen molar-refractivity contribution < 1.29 is 32.8 Å². The number of phosphoric ester groups is 1. The second-order valence-corrected chi connectivity index (χ2v) is 17.4.